The van der Waals surface area contributed by atoms with E-state index in [4.69, 9.17) is 37.5 Å². The Balaban J connectivity index is 0.000000435. The molecule has 16 nitrogen and oxygen atoms in total. The maximum absolute atomic E-state index is 13.4. The lowest BCUT2D eigenvalue weighted by molar-refractivity contribution is 0.216. The second-order valence-corrected chi connectivity index (χ2v) is 56.5. The van der Waals surface area contributed by atoms with Crippen molar-refractivity contribution in [2.75, 3.05) is 61.1 Å². The first-order chi connectivity index (χ1) is 63.7. The lowest BCUT2D eigenvalue weighted by atomic mass is 9.76. The van der Waals surface area contributed by atoms with Crippen LogP contribution in [0.3, 0.4) is 0 Å². The van der Waals surface area contributed by atoms with Crippen LogP contribution < -0.4 is 18.9 Å². The molecule has 0 spiro atoms. The number of unbranched alkanes of at least 4 members (excludes halogenated alkanes) is 6. The third-order valence-electron chi connectivity index (χ3n) is 25.3. The number of rotatable bonds is 55. The van der Waals surface area contributed by atoms with Crippen LogP contribution >= 0.6 is 55.4 Å². The Morgan fingerprint density at radius 1 is 0.433 bits per heavy atom. The van der Waals surface area contributed by atoms with Gasteiger partial charge in [-0.25, -0.2) is 16.8 Å². The number of allylic oxidation sites excluding steroid dienone is 4. The van der Waals surface area contributed by atoms with E-state index >= 15 is 0 Å². The van der Waals surface area contributed by atoms with Gasteiger partial charge < -0.3 is 28.4 Å². The fourth-order valence-corrected chi connectivity index (χ4v) is 29.3. The zero-order valence-corrected chi connectivity index (χ0v) is 92.8. The van der Waals surface area contributed by atoms with Crippen molar-refractivity contribution >= 4 is 124 Å². The molecule has 0 atom stereocenters. The lowest BCUT2D eigenvalue weighted by Gasteiger charge is -2.30. The Kier molecular flexibility index (Phi) is 54.3. The number of hydrogen-bond acceptors (Lipinski definition) is 16. The maximum Gasteiger partial charge on any atom is 0.265 e. The van der Waals surface area contributed by atoms with Crippen molar-refractivity contribution in [1.82, 2.24) is 0 Å². The first-order valence-electron chi connectivity index (χ1n) is 46.9. The molecule has 2 radical (unpaired) electrons. The minimum atomic E-state index is -4.08. The molecule has 8 aromatic carbocycles. The predicted octanol–water partition coefficient (Wildman–Crippen LogP) is 30.2. The molecule has 0 saturated carbocycles. The second kappa shape index (κ2) is 60.9. The number of ether oxygens (including phenoxy) is 6. The SMILES string of the molecule is C=C(SCCS(=O)(=O)O)c1cc(C(C)(C)c2ccc(Oc3ccc(S(=O)(=O)c4ccc(OC)cc4)cc3)c(CSCCCS(=O)(=O)O)c2)ccc1C.C=CC(=CC)OCCCCCCBr.C=CC(=CC)OCCCCCCBr.CC[Si](CC)(CC)CCCc1cc(C(C)(C)c2ccc(Oc3ccc(S(=O)(=O)c4ccc(OC)cc4)cc3)c(CCC[Si](CC)(CC)CC)c2)ccc1C.[B]C. The summed E-state index contributed by atoms with van der Waals surface area (Å²) in [7, 11) is -10.4. The van der Waals surface area contributed by atoms with E-state index in [0.717, 1.165) is 101 Å². The molecule has 0 amide bonds. The standard InChI is InChI=1S/C47H68O4SSi2.C37H42O10S5.2C11H19BrO.CH3B/c1-11-53(12-2,13-3)33-17-19-38-35-40(22-21-37(38)7)47(8,9)41-23-32-46(39(36-41)20-18-34-54(14-4,15-5)16-6)51-43-26-30-45(31-27-43)52(48,49)44-28-24-42(50-10)25-29-44;1-26-7-8-30(24-35(26)27(2)49-20-22-51(41,42)43)37(3,4)29-9-18-36(28(23-29)25-48-19-6-21-50(38,39)40)47-32-12-16-34(17-13-32)52(44,45)33-14-10-31(46-5)11-15-33;2*1-3-11(4-2)13-10-8-6-5-7-9-12;1-2/h21-32,35-36H,11-20,33-34H2,1-10H3;7-18,23-24H,2,6,19-22,25H2,1,3-5H3,(H,38,39,40)(H,41,42,43);2*3-4H,1,5-10H2,2H3;1H3. The van der Waals surface area contributed by atoms with Crippen molar-refractivity contribution in [3.63, 3.8) is 0 Å². The maximum atomic E-state index is 13.4. The first-order valence-corrected chi connectivity index (χ1v) is 63.1. The predicted molar refractivity (Wildman–Crippen MR) is 581 cm³/mol. The van der Waals surface area contributed by atoms with Crippen molar-refractivity contribution in [3.8, 4) is 34.5 Å². The van der Waals surface area contributed by atoms with Gasteiger partial charge in [0.05, 0.1) is 82.5 Å². The zero-order valence-electron chi connectivity index (χ0n) is 82.7. The third kappa shape index (κ3) is 39.4. The Morgan fingerprint density at radius 3 is 1.14 bits per heavy atom. The summed E-state index contributed by atoms with van der Waals surface area (Å²) in [6.07, 6.45) is 22.0. The molecule has 27 heteroatoms. The number of benzene rings is 8. The van der Waals surface area contributed by atoms with Gasteiger partial charge in [-0.15, -0.1) is 11.8 Å². The quantitative estimate of drug-likeness (QED) is 0.00901. The zero-order chi connectivity index (χ0) is 99.8. The van der Waals surface area contributed by atoms with Crippen LogP contribution in [0.4, 0.5) is 0 Å². The van der Waals surface area contributed by atoms with E-state index < -0.39 is 61.5 Å². The van der Waals surface area contributed by atoms with Crippen LogP contribution in [0.25, 0.3) is 4.91 Å². The normalized spacial score (nSPS) is 12.1. The molecule has 0 aliphatic heterocycles. The average molecular weight is 2110 g/mol. The summed E-state index contributed by atoms with van der Waals surface area (Å²) in [6, 6.07) is 62.3. The van der Waals surface area contributed by atoms with Crippen LogP contribution in [-0.4, -0.2) is 128 Å². The van der Waals surface area contributed by atoms with E-state index in [1.54, 1.807) is 92.1 Å². The highest BCUT2D eigenvalue weighted by Crippen LogP contribution is 2.43. The summed E-state index contributed by atoms with van der Waals surface area (Å²) >= 11 is 9.58. The minimum absolute atomic E-state index is 0.105. The Labute approximate surface area is 836 Å². The van der Waals surface area contributed by atoms with E-state index in [2.05, 4.69) is 172 Å². The fraction of sp³-hybridized carbons (Fsp3) is 0.458. The molecular formula is C107H151BBr2O16S6Si2. The summed E-state index contributed by atoms with van der Waals surface area (Å²) in [5.41, 5.74) is 10.7. The van der Waals surface area contributed by atoms with Crippen LogP contribution in [-0.2, 0) is 78.8 Å². The number of aryl methyl sites for hydroxylation is 4. The molecule has 8 aromatic rings. The number of methoxy groups -OCH3 is 2. The van der Waals surface area contributed by atoms with Crippen LogP contribution in [0.2, 0.25) is 55.2 Å². The number of alkyl halides is 2. The van der Waals surface area contributed by atoms with E-state index in [9.17, 15) is 33.7 Å². The summed E-state index contributed by atoms with van der Waals surface area (Å²) in [5.74, 6) is 5.77. The average Bonchev–Trinajstić information content (AvgIpc) is 0.784. The van der Waals surface area contributed by atoms with E-state index in [1.165, 1.54) is 183 Å². The fourth-order valence-electron chi connectivity index (χ4n) is 15.6. The van der Waals surface area contributed by atoms with Gasteiger partial charge in [0.2, 0.25) is 19.7 Å². The monoisotopic (exact) mass is 2110 g/mol. The number of halogens is 2. The molecule has 736 valence electrons. The number of hydrogen-bond donors (Lipinski definition) is 2. The van der Waals surface area contributed by atoms with Gasteiger partial charge in [-0.05, 0) is 268 Å². The summed E-state index contributed by atoms with van der Waals surface area (Å²) in [4.78, 5) is 1.39. The highest BCUT2D eigenvalue weighted by atomic mass is 79.9. The largest absolute Gasteiger partial charge is 0.497 e. The van der Waals surface area contributed by atoms with Gasteiger partial charge in [-0.2, -0.15) is 28.6 Å². The molecule has 2 N–H and O–H groups in total. The van der Waals surface area contributed by atoms with Gasteiger partial charge >= 0.3 is 0 Å². The molecule has 0 saturated heterocycles. The Bertz CT molecular complexity index is 5380. The van der Waals surface area contributed by atoms with Gasteiger partial charge in [0.1, 0.15) is 46.0 Å². The number of sulfone groups is 2. The molecule has 0 aromatic heterocycles. The summed E-state index contributed by atoms with van der Waals surface area (Å²) in [5, 5.41) is 2.22. The van der Waals surface area contributed by atoms with Crippen molar-refractivity contribution < 1.29 is 71.2 Å². The van der Waals surface area contributed by atoms with Crippen molar-refractivity contribution in [1.29, 1.82) is 0 Å². The van der Waals surface area contributed by atoms with Crippen molar-refractivity contribution in [3.05, 3.63) is 281 Å². The minimum Gasteiger partial charge on any atom is -0.497 e. The highest BCUT2D eigenvalue weighted by molar-refractivity contribution is 9.09. The van der Waals surface area contributed by atoms with Crippen LogP contribution in [0.5, 0.6) is 34.5 Å². The van der Waals surface area contributed by atoms with Crippen LogP contribution in [0.15, 0.2) is 245 Å². The van der Waals surface area contributed by atoms with Crippen molar-refractivity contribution in [2.45, 2.75) is 272 Å². The van der Waals surface area contributed by atoms with Crippen molar-refractivity contribution in [2.24, 2.45) is 0 Å². The van der Waals surface area contributed by atoms with E-state index in [-0.39, 0.29) is 48.7 Å². The molecule has 0 aliphatic carbocycles. The summed E-state index contributed by atoms with van der Waals surface area (Å²) < 4.78 is 150. The van der Waals surface area contributed by atoms with E-state index in [0.29, 0.717) is 45.2 Å². The molecular weight excluding hydrogens is 1960 g/mol. The highest BCUT2D eigenvalue weighted by Gasteiger charge is 2.32. The molecule has 8 rings (SSSR count). The smallest absolute Gasteiger partial charge is 0.265 e. The van der Waals surface area contributed by atoms with Gasteiger partial charge in [0, 0.05) is 43.5 Å². The first kappa shape index (κ1) is 119. The molecule has 0 aliphatic rings. The number of thioether (sulfide) groups is 2. The topological polar surface area (TPSA) is 232 Å². The second-order valence-electron chi connectivity index (χ2n) is 34.3. The van der Waals surface area contributed by atoms with E-state index in [1.807, 2.05) is 69.3 Å². The third-order valence-corrected chi connectivity index (χ3v) is 45.7. The van der Waals surface area contributed by atoms with Gasteiger partial charge in [0.15, 0.2) is 0 Å². The van der Waals surface area contributed by atoms with Crippen LogP contribution in [0, 0.1) is 13.8 Å². The molecule has 0 fully saturated rings. The van der Waals surface area contributed by atoms with Gasteiger partial charge in [-0.1, -0.05) is 269 Å². The Hall–Kier alpha value is -6.86. The molecule has 0 bridgehead atoms. The Morgan fingerprint density at radius 2 is 0.776 bits per heavy atom. The lowest BCUT2D eigenvalue weighted by Crippen LogP contribution is -2.31. The molecule has 0 heterocycles. The van der Waals surface area contributed by atoms with Crippen LogP contribution in [0.1, 0.15) is 209 Å². The molecule has 0 unspecified atom stereocenters. The van der Waals surface area contributed by atoms with Gasteiger partial charge in [0.25, 0.3) is 20.2 Å². The summed E-state index contributed by atoms with van der Waals surface area (Å²) in [6.45, 7) is 46.0. The molecule has 134 heavy (non-hydrogen) atoms. The van der Waals surface area contributed by atoms with Gasteiger partial charge in [-0.3, -0.25) is 9.11 Å².